The van der Waals surface area contributed by atoms with Gasteiger partial charge in [-0.15, -0.1) is 0 Å². The first kappa shape index (κ1) is 12.0. The van der Waals surface area contributed by atoms with Gasteiger partial charge in [-0.1, -0.05) is 6.07 Å². The van der Waals surface area contributed by atoms with Crippen LogP contribution in [0, 0.1) is 0 Å². The van der Waals surface area contributed by atoms with E-state index in [4.69, 9.17) is 10.6 Å². The van der Waals surface area contributed by atoms with Crippen LogP contribution in [0.3, 0.4) is 0 Å². The molecular formula is C15H17N3O. The number of hydrogen-bond acceptors (Lipinski definition) is 4. The van der Waals surface area contributed by atoms with E-state index in [0.717, 1.165) is 17.9 Å². The van der Waals surface area contributed by atoms with Crippen LogP contribution in [0.25, 0.3) is 0 Å². The van der Waals surface area contributed by atoms with Crippen molar-refractivity contribution in [3.05, 3.63) is 47.7 Å². The molecule has 4 heteroatoms. The van der Waals surface area contributed by atoms with Crippen molar-refractivity contribution >= 4 is 5.82 Å². The molecule has 3 N–H and O–H groups in total. The molecule has 3 rings (SSSR count). The lowest BCUT2D eigenvalue weighted by Crippen LogP contribution is -2.08. The van der Waals surface area contributed by atoms with Crippen molar-refractivity contribution in [3.8, 4) is 11.5 Å². The summed E-state index contributed by atoms with van der Waals surface area (Å²) < 4.78 is 5.85. The lowest BCUT2D eigenvalue weighted by atomic mass is 9.92. The van der Waals surface area contributed by atoms with Crippen LogP contribution in [0.2, 0.25) is 0 Å². The summed E-state index contributed by atoms with van der Waals surface area (Å²) in [7, 11) is 0. The van der Waals surface area contributed by atoms with Crippen molar-refractivity contribution in [1.29, 1.82) is 0 Å². The van der Waals surface area contributed by atoms with E-state index >= 15 is 0 Å². The zero-order valence-electron chi connectivity index (χ0n) is 10.7. The Balaban J connectivity index is 1.82. The molecule has 1 heterocycles. The SMILES string of the molecule is NNc1cc(Oc2ccc3c(c2)CCCC3)ccn1. The topological polar surface area (TPSA) is 60.2 Å². The Kier molecular flexibility index (Phi) is 3.33. The summed E-state index contributed by atoms with van der Waals surface area (Å²) in [6.07, 6.45) is 6.57. The molecule has 2 aromatic rings. The molecule has 0 saturated carbocycles. The summed E-state index contributed by atoms with van der Waals surface area (Å²) in [6, 6.07) is 9.94. The fourth-order valence-electron chi connectivity index (χ4n) is 2.46. The van der Waals surface area contributed by atoms with Gasteiger partial charge in [-0.05, 0) is 55.0 Å². The van der Waals surface area contributed by atoms with Crippen molar-refractivity contribution in [2.24, 2.45) is 5.84 Å². The molecule has 1 aliphatic rings. The van der Waals surface area contributed by atoms with E-state index in [2.05, 4.69) is 22.5 Å². The predicted molar refractivity (Wildman–Crippen MR) is 75.2 cm³/mol. The molecule has 0 fully saturated rings. The maximum atomic E-state index is 5.85. The van der Waals surface area contributed by atoms with Crippen LogP contribution in [-0.4, -0.2) is 4.98 Å². The van der Waals surface area contributed by atoms with Gasteiger partial charge in [-0.3, -0.25) is 0 Å². The largest absolute Gasteiger partial charge is 0.457 e. The van der Waals surface area contributed by atoms with Crippen LogP contribution in [-0.2, 0) is 12.8 Å². The van der Waals surface area contributed by atoms with Gasteiger partial charge >= 0.3 is 0 Å². The van der Waals surface area contributed by atoms with Crippen molar-refractivity contribution in [3.63, 3.8) is 0 Å². The van der Waals surface area contributed by atoms with Crippen LogP contribution in [0.5, 0.6) is 11.5 Å². The molecule has 0 aliphatic heterocycles. The fourth-order valence-corrected chi connectivity index (χ4v) is 2.46. The average Bonchev–Trinajstić information content (AvgIpc) is 2.47. The zero-order chi connectivity index (χ0) is 13.1. The van der Waals surface area contributed by atoms with E-state index in [1.165, 1.54) is 30.4 Å². The van der Waals surface area contributed by atoms with Gasteiger partial charge in [-0.2, -0.15) is 0 Å². The van der Waals surface area contributed by atoms with E-state index in [1.54, 1.807) is 12.3 Å². The van der Waals surface area contributed by atoms with E-state index in [0.29, 0.717) is 5.82 Å². The van der Waals surface area contributed by atoms with Crippen molar-refractivity contribution in [2.45, 2.75) is 25.7 Å². The minimum absolute atomic E-state index is 0.593. The molecule has 0 radical (unpaired) electrons. The van der Waals surface area contributed by atoms with Gasteiger partial charge in [0.1, 0.15) is 17.3 Å². The summed E-state index contributed by atoms with van der Waals surface area (Å²) in [5.74, 6) is 7.53. The highest BCUT2D eigenvalue weighted by Gasteiger charge is 2.10. The molecule has 0 amide bonds. The number of anilines is 1. The highest BCUT2D eigenvalue weighted by atomic mass is 16.5. The minimum Gasteiger partial charge on any atom is -0.457 e. The highest BCUT2D eigenvalue weighted by molar-refractivity contribution is 5.43. The highest BCUT2D eigenvalue weighted by Crippen LogP contribution is 2.28. The van der Waals surface area contributed by atoms with Crippen molar-refractivity contribution < 1.29 is 4.74 Å². The van der Waals surface area contributed by atoms with Gasteiger partial charge < -0.3 is 10.2 Å². The third-order valence-corrected chi connectivity index (χ3v) is 3.43. The van der Waals surface area contributed by atoms with Crippen LogP contribution in [0.15, 0.2) is 36.5 Å². The van der Waals surface area contributed by atoms with Gasteiger partial charge in [0.05, 0.1) is 0 Å². The molecule has 1 aromatic carbocycles. The van der Waals surface area contributed by atoms with Crippen LogP contribution >= 0.6 is 0 Å². The smallest absolute Gasteiger partial charge is 0.143 e. The van der Waals surface area contributed by atoms with Gasteiger partial charge in [0, 0.05) is 12.3 Å². The summed E-state index contributed by atoms with van der Waals surface area (Å²) >= 11 is 0. The number of aryl methyl sites for hydroxylation is 2. The molecule has 4 nitrogen and oxygen atoms in total. The molecular weight excluding hydrogens is 238 g/mol. The maximum absolute atomic E-state index is 5.85. The van der Waals surface area contributed by atoms with E-state index in [1.807, 2.05) is 12.1 Å². The number of benzene rings is 1. The number of ether oxygens (including phenoxy) is 1. The number of pyridine rings is 1. The first-order valence-electron chi connectivity index (χ1n) is 6.57. The number of hydrogen-bond donors (Lipinski definition) is 2. The zero-order valence-corrected chi connectivity index (χ0v) is 10.7. The van der Waals surface area contributed by atoms with Gasteiger partial charge in [0.2, 0.25) is 0 Å². The van der Waals surface area contributed by atoms with Gasteiger partial charge in [0.15, 0.2) is 0 Å². The van der Waals surface area contributed by atoms with Crippen LogP contribution in [0.4, 0.5) is 5.82 Å². The second-order valence-corrected chi connectivity index (χ2v) is 4.76. The number of fused-ring (bicyclic) bond motifs is 1. The Bertz CT molecular complexity index is 583. The van der Waals surface area contributed by atoms with Crippen molar-refractivity contribution in [1.82, 2.24) is 4.98 Å². The molecule has 0 bridgehead atoms. The third-order valence-electron chi connectivity index (χ3n) is 3.43. The standard InChI is InChI=1S/C15H17N3O/c16-18-15-10-14(7-8-17-15)19-13-6-5-11-3-1-2-4-12(11)9-13/h5-10H,1-4,16H2,(H,17,18). The molecule has 1 aliphatic carbocycles. The lowest BCUT2D eigenvalue weighted by Gasteiger charge is -2.16. The first-order valence-corrected chi connectivity index (χ1v) is 6.57. The van der Waals surface area contributed by atoms with Crippen LogP contribution in [0.1, 0.15) is 24.0 Å². The number of nitrogens with one attached hydrogen (secondary N) is 1. The molecule has 0 spiro atoms. The minimum atomic E-state index is 0.593. The Labute approximate surface area is 112 Å². The lowest BCUT2D eigenvalue weighted by molar-refractivity contribution is 0.480. The fraction of sp³-hybridized carbons (Fsp3) is 0.267. The number of nitrogen functional groups attached to an aromatic ring is 1. The number of nitrogens with zero attached hydrogens (tertiary/aromatic N) is 1. The quantitative estimate of drug-likeness (QED) is 0.653. The van der Waals surface area contributed by atoms with Gasteiger partial charge in [-0.25, -0.2) is 10.8 Å². The predicted octanol–water partition coefficient (Wildman–Crippen LogP) is 3.04. The van der Waals surface area contributed by atoms with Gasteiger partial charge in [0.25, 0.3) is 0 Å². The number of hydrazine groups is 1. The van der Waals surface area contributed by atoms with E-state index in [-0.39, 0.29) is 0 Å². The Hall–Kier alpha value is -2.07. The normalized spacial score (nSPS) is 13.7. The number of aromatic nitrogens is 1. The molecule has 98 valence electrons. The Morgan fingerprint density at radius 3 is 2.63 bits per heavy atom. The average molecular weight is 255 g/mol. The number of rotatable bonds is 3. The monoisotopic (exact) mass is 255 g/mol. The molecule has 19 heavy (non-hydrogen) atoms. The molecule has 0 saturated heterocycles. The number of nitrogens with two attached hydrogens (primary N) is 1. The van der Waals surface area contributed by atoms with E-state index in [9.17, 15) is 0 Å². The second-order valence-electron chi connectivity index (χ2n) is 4.76. The first-order chi connectivity index (χ1) is 9.35. The summed E-state index contributed by atoms with van der Waals surface area (Å²) in [4.78, 5) is 4.05. The Morgan fingerprint density at radius 2 is 1.79 bits per heavy atom. The second kappa shape index (κ2) is 5.28. The van der Waals surface area contributed by atoms with Crippen molar-refractivity contribution in [2.75, 3.05) is 5.43 Å². The third kappa shape index (κ3) is 2.69. The molecule has 1 aromatic heterocycles. The summed E-state index contributed by atoms with van der Waals surface area (Å²) in [5.41, 5.74) is 5.38. The van der Waals surface area contributed by atoms with E-state index < -0.39 is 0 Å². The summed E-state index contributed by atoms with van der Waals surface area (Å²) in [6.45, 7) is 0. The summed E-state index contributed by atoms with van der Waals surface area (Å²) in [5, 5.41) is 0. The molecule has 0 unspecified atom stereocenters. The molecule has 0 atom stereocenters. The Morgan fingerprint density at radius 1 is 1.00 bits per heavy atom. The van der Waals surface area contributed by atoms with Crippen LogP contribution < -0.4 is 16.0 Å². The maximum Gasteiger partial charge on any atom is 0.143 e.